The van der Waals surface area contributed by atoms with Crippen molar-refractivity contribution < 1.29 is 9.53 Å². The van der Waals surface area contributed by atoms with E-state index in [0.717, 1.165) is 11.3 Å². The molecule has 1 aromatic carbocycles. The van der Waals surface area contributed by atoms with Crippen molar-refractivity contribution in [1.82, 2.24) is 4.90 Å². The van der Waals surface area contributed by atoms with Crippen LogP contribution in [0.1, 0.15) is 12.5 Å². The van der Waals surface area contributed by atoms with Gasteiger partial charge in [-0.25, -0.2) is 0 Å². The van der Waals surface area contributed by atoms with Crippen LogP contribution in [0.4, 0.5) is 0 Å². The lowest BCUT2D eigenvalue weighted by molar-refractivity contribution is -0.132. The van der Waals surface area contributed by atoms with E-state index in [1.165, 1.54) is 0 Å². The van der Waals surface area contributed by atoms with Crippen molar-refractivity contribution in [2.24, 2.45) is 5.73 Å². The van der Waals surface area contributed by atoms with Crippen LogP contribution in [0.15, 0.2) is 24.3 Å². The number of para-hydroxylation sites is 1. The van der Waals surface area contributed by atoms with Gasteiger partial charge in [0.1, 0.15) is 12.4 Å². The molecule has 4 heteroatoms. The molecule has 0 unspecified atom stereocenters. The van der Waals surface area contributed by atoms with Gasteiger partial charge in [-0.1, -0.05) is 18.2 Å². The molecule has 1 amide bonds. The largest absolute Gasteiger partial charge is 0.491 e. The maximum Gasteiger partial charge on any atom is 0.239 e. The summed E-state index contributed by atoms with van der Waals surface area (Å²) in [4.78, 5) is 13.6. The average molecular weight is 220 g/mol. The highest BCUT2D eigenvalue weighted by Gasteiger charge is 2.21. The molecule has 1 aliphatic rings. The van der Waals surface area contributed by atoms with Crippen LogP contribution < -0.4 is 10.5 Å². The lowest BCUT2D eigenvalue weighted by Gasteiger charge is -2.21. The second-order valence-corrected chi connectivity index (χ2v) is 4.00. The minimum absolute atomic E-state index is 0.0275. The first-order valence-corrected chi connectivity index (χ1v) is 5.43. The van der Waals surface area contributed by atoms with Crippen molar-refractivity contribution in [1.29, 1.82) is 0 Å². The van der Waals surface area contributed by atoms with Gasteiger partial charge in [0.15, 0.2) is 0 Å². The molecule has 4 nitrogen and oxygen atoms in total. The number of carbonyl (C=O) groups is 1. The predicted octanol–water partition coefficient (Wildman–Crippen LogP) is 0.755. The highest BCUT2D eigenvalue weighted by molar-refractivity contribution is 5.81. The first kappa shape index (κ1) is 11.0. The molecular formula is C12H16N2O2. The minimum atomic E-state index is -0.453. The summed E-state index contributed by atoms with van der Waals surface area (Å²) in [5.41, 5.74) is 6.64. The van der Waals surface area contributed by atoms with Crippen molar-refractivity contribution >= 4 is 5.91 Å². The van der Waals surface area contributed by atoms with Gasteiger partial charge >= 0.3 is 0 Å². The zero-order chi connectivity index (χ0) is 11.5. The van der Waals surface area contributed by atoms with E-state index < -0.39 is 6.04 Å². The predicted molar refractivity (Wildman–Crippen MR) is 61.0 cm³/mol. The zero-order valence-electron chi connectivity index (χ0n) is 9.35. The smallest absolute Gasteiger partial charge is 0.239 e. The average Bonchev–Trinajstić information content (AvgIpc) is 2.49. The van der Waals surface area contributed by atoms with E-state index in [1.54, 1.807) is 11.8 Å². The van der Waals surface area contributed by atoms with Crippen molar-refractivity contribution in [3.8, 4) is 5.75 Å². The molecule has 2 rings (SSSR count). The number of rotatable bonds is 1. The van der Waals surface area contributed by atoms with E-state index in [2.05, 4.69) is 0 Å². The zero-order valence-corrected chi connectivity index (χ0v) is 9.35. The van der Waals surface area contributed by atoms with Gasteiger partial charge in [0, 0.05) is 12.1 Å². The third-order valence-electron chi connectivity index (χ3n) is 2.65. The molecule has 1 heterocycles. The Morgan fingerprint density at radius 3 is 3.00 bits per heavy atom. The van der Waals surface area contributed by atoms with E-state index in [9.17, 15) is 4.79 Å². The molecule has 16 heavy (non-hydrogen) atoms. The number of benzene rings is 1. The molecule has 0 aromatic heterocycles. The fraction of sp³-hybridized carbons (Fsp3) is 0.417. The summed E-state index contributed by atoms with van der Waals surface area (Å²) < 4.78 is 5.57. The number of carbonyl (C=O) groups excluding carboxylic acids is 1. The Hall–Kier alpha value is -1.55. The maximum absolute atomic E-state index is 11.8. The Morgan fingerprint density at radius 1 is 1.50 bits per heavy atom. The van der Waals surface area contributed by atoms with E-state index in [4.69, 9.17) is 10.5 Å². The van der Waals surface area contributed by atoms with Crippen LogP contribution in [0.2, 0.25) is 0 Å². The number of amides is 1. The molecule has 0 radical (unpaired) electrons. The van der Waals surface area contributed by atoms with E-state index in [1.807, 2.05) is 24.3 Å². The third kappa shape index (κ3) is 2.17. The van der Waals surface area contributed by atoms with Crippen LogP contribution in [0, 0.1) is 0 Å². The molecule has 0 saturated heterocycles. The van der Waals surface area contributed by atoms with E-state index in [-0.39, 0.29) is 5.91 Å². The summed E-state index contributed by atoms with van der Waals surface area (Å²) in [7, 11) is 0. The van der Waals surface area contributed by atoms with Crippen molar-refractivity contribution in [3.05, 3.63) is 29.8 Å². The van der Waals surface area contributed by atoms with E-state index >= 15 is 0 Å². The standard InChI is InChI=1S/C12H16N2O2/c1-9(13)12(15)14-6-7-16-11-5-3-2-4-10(11)8-14/h2-5,9H,6-8,13H2,1H3/t9-/m1/s1. The van der Waals surface area contributed by atoms with Gasteiger partial charge in [0.2, 0.25) is 5.91 Å². The summed E-state index contributed by atoms with van der Waals surface area (Å²) in [6, 6.07) is 7.33. The van der Waals surface area contributed by atoms with Crippen LogP contribution in [0.3, 0.4) is 0 Å². The fourth-order valence-electron chi connectivity index (χ4n) is 1.80. The molecule has 0 saturated carbocycles. The lowest BCUT2D eigenvalue weighted by Crippen LogP contribution is -2.42. The Morgan fingerprint density at radius 2 is 2.25 bits per heavy atom. The second-order valence-electron chi connectivity index (χ2n) is 4.00. The van der Waals surface area contributed by atoms with Gasteiger partial charge in [-0.2, -0.15) is 0 Å². The molecule has 0 aliphatic carbocycles. The lowest BCUT2D eigenvalue weighted by atomic mass is 10.2. The number of hydrogen-bond acceptors (Lipinski definition) is 3. The van der Waals surface area contributed by atoms with Crippen LogP contribution in [0.25, 0.3) is 0 Å². The first-order chi connectivity index (χ1) is 7.68. The molecule has 1 atom stereocenters. The van der Waals surface area contributed by atoms with Crippen LogP contribution in [0.5, 0.6) is 5.75 Å². The van der Waals surface area contributed by atoms with Gasteiger partial charge < -0.3 is 15.4 Å². The molecule has 1 aliphatic heterocycles. The van der Waals surface area contributed by atoms with Crippen LogP contribution >= 0.6 is 0 Å². The van der Waals surface area contributed by atoms with Crippen molar-refractivity contribution in [2.75, 3.05) is 13.2 Å². The molecular weight excluding hydrogens is 204 g/mol. The summed E-state index contributed by atoms with van der Waals surface area (Å²) in [6.07, 6.45) is 0. The minimum Gasteiger partial charge on any atom is -0.491 e. The first-order valence-electron chi connectivity index (χ1n) is 5.43. The summed E-state index contributed by atoms with van der Waals surface area (Å²) >= 11 is 0. The Balaban J connectivity index is 2.20. The molecule has 2 N–H and O–H groups in total. The second kappa shape index (κ2) is 4.53. The summed E-state index contributed by atoms with van der Waals surface area (Å²) in [6.45, 7) is 3.40. The molecule has 1 aromatic rings. The molecule has 0 bridgehead atoms. The molecule has 0 spiro atoms. The Labute approximate surface area is 95.0 Å². The molecule has 0 fully saturated rings. The number of nitrogens with zero attached hydrogens (tertiary/aromatic N) is 1. The maximum atomic E-state index is 11.8. The topological polar surface area (TPSA) is 55.6 Å². The SMILES string of the molecule is C[C@@H](N)C(=O)N1CCOc2ccccc2C1. The van der Waals surface area contributed by atoms with Gasteiger partial charge in [-0.05, 0) is 13.0 Å². The van der Waals surface area contributed by atoms with Crippen LogP contribution in [-0.4, -0.2) is 30.0 Å². The number of nitrogens with two attached hydrogens (primary N) is 1. The summed E-state index contributed by atoms with van der Waals surface area (Å²) in [5.74, 6) is 0.836. The Kier molecular flexibility index (Phi) is 3.10. The third-order valence-corrected chi connectivity index (χ3v) is 2.65. The van der Waals surface area contributed by atoms with Gasteiger partial charge in [-0.3, -0.25) is 4.79 Å². The van der Waals surface area contributed by atoms with Crippen molar-refractivity contribution in [3.63, 3.8) is 0 Å². The highest BCUT2D eigenvalue weighted by atomic mass is 16.5. The van der Waals surface area contributed by atoms with Crippen molar-refractivity contribution in [2.45, 2.75) is 19.5 Å². The number of fused-ring (bicyclic) bond motifs is 1. The van der Waals surface area contributed by atoms with Gasteiger partial charge in [0.25, 0.3) is 0 Å². The number of ether oxygens (including phenoxy) is 1. The van der Waals surface area contributed by atoms with Crippen LogP contribution in [-0.2, 0) is 11.3 Å². The molecule has 86 valence electrons. The number of hydrogen-bond donors (Lipinski definition) is 1. The van der Waals surface area contributed by atoms with E-state index in [0.29, 0.717) is 19.7 Å². The van der Waals surface area contributed by atoms with Gasteiger partial charge in [-0.15, -0.1) is 0 Å². The summed E-state index contributed by atoms with van der Waals surface area (Å²) in [5, 5.41) is 0. The highest BCUT2D eigenvalue weighted by Crippen LogP contribution is 2.22. The normalized spacial score (nSPS) is 17.0. The quantitative estimate of drug-likeness (QED) is 0.760. The Bertz CT molecular complexity index is 390. The monoisotopic (exact) mass is 220 g/mol. The fourth-order valence-corrected chi connectivity index (χ4v) is 1.80. The van der Waals surface area contributed by atoms with Gasteiger partial charge in [0.05, 0.1) is 12.6 Å².